The second kappa shape index (κ2) is 8.29. The summed E-state index contributed by atoms with van der Waals surface area (Å²) in [4.78, 5) is 11.8. The maximum Gasteiger partial charge on any atom is 0.446 e. The van der Waals surface area contributed by atoms with Crippen molar-refractivity contribution < 1.29 is 18.0 Å². The van der Waals surface area contributed by atoms with Crippen LogP contribution in [0.3, 0.4) is 0 Å². The highest BCUT2D eigenvalue weighted by atomic mass is 32.2. The third-order valence-electron chi connectivity index (χ3n) is 2.71. The molecule has 7 heteroatoms. The van der Waals surface area contributed by atoms with Gasteiger partial charge in [0.25, 0.3) is 0 Å². The van der Waals surface area contributed by atoms with Crippen molar-refractivity contribution in [1.82, 2.24) is 10.6 Å². The van der Waals surface area contributed by atoms with Gasteiger partial charge in [0, 0.05) is 18.0 Å². The van der Waals surface area contributed by atoms with Crippen LogP contribution in [0.4, 0.5) is 13.2 Å². The summed E-state index contributed by atoms with van der Waals surface area (Å²) in [5.41, 5.74) is -3.44. The molecule has 2 N–H and O–H groups in total. The summed E-state index contributed by atoms with van der Waals surface area (Å²) in [6, 6.07) is 5.75. The maximum atomic E-state index is 12.2. The number of hydrogen-bond donors (Lipinski definition) is 2. The topological polar surface area (TPSA) is 41.1 Å². The van der Waals surface area contributed by atoms with Gasteiger partial charge in [0.05, 0.1) is 6.04 Å². The minimum atomic E-state index is -4.27. The van der Waals surface area contributed by atoms with Gasteiger partial charge in [0.2, 0.25) is 5.91 Å². The van der Waals surface area contributed by atoms with Crippen LogP contribution in [0.15, 0.2) is 29.2 Å². The van der Waals surface area contributed by atoms with E-state index in [1.807, 2.05) is 6.92 Å². The van der Waals surface area contributed by atoms with Gasteiger partial charge in [0.15, 0.2) is 0 Å². The normalized spacial score (nSPS) is 13.0. The van der Waals surface area contributed by atoms with Gasteiger partial charge in [-0.2, -0.15) is 13.2 Å². The standard InChI is InChI=1S/C14H19F3N2OS/c1-3-8-18-13(20)10(2)19-9-11-4-6-12(7-5-11)21-14(15,16)17/h4-7,10,19H,3,8-9H2,1-2H3,(H,18,20). The molecule has 0 saturated heterocycles. The molecular weight excluding hydrogens is 301 g/mol. The molecule has 0 aliphatic rings. The van der Waals surface area contributed by atoms with Gasteiger partial charge in [-0.1, -0.05) is 19.1 Å². The fourth-order valence-electron chi connectivity index (χ4n) is 1.57. The Labute approximate surface area is 126 Å². The molecule has 0 radical (unpaired) electrons. The van der Waals surface area contributed by atoms with Crippen LogP contribution >= 0.6 is 11.8 Å². The average molecular weight is 320 g/mol. The Bertz CT molecular complexity index is 449. The number of rotatable bonds is 7. The van der Waals surface area contributed by atoms with Crippen molar-refractivity contribution >= 4 is 17.7 Å². The minimum absolute atomic E-state index is 0.0823. The van der Waals surface area contributed by atoms with E-state index in [9.17, 15) is 18.0 Å². The van der Waals surface area contributed by atoms with Gasteiger partial charge in [-0.25, -0.2) is 0 Å². The Hall–Kier alpha value is -1.21. The molecule has 0 spiro atoms. The van der Waals surface area contributed by atoms with Gasteiger partial charge < -0.3 is 10.6 Å². The summed E-state index contributed by atoms with van der Waals surface area (Å²) < 4.78 is 36.6. The lowest BCUT2D eigenvalue weighted by molar-refractivity contribution is -0.122. The fraction of sp³-hybridized carbons (Fsp3) is 0.500. The van der Waals surface area contributed by atoms with E-state index in [0.29, 0.717) is 13.1 Å². The molecule has 1 unspecified atom stereocenters. The summed E-state index contributed by atoms with van der Waals surface area (Å²) in [5.74, 6) is -0.0823. The van der Waals surface area contributed by atoms with E-state index in [-0.39, 0.29) is 28.6 Å². The van der Waals surface area contributed by atoms with Crippen molar-refractivity contribution in [3.63, 3.8) is 0 Å². The number of hydrogen-bond acceptors (Lipinski definition) is 3. The van der Waals surface area contributed by atoms with Crippen LogP contribution in [-0.2, 0) is 11.3 Å². The second-order valence-electron chi connectivity index (χ2n) is 4.59. The molecule has 1 rings (SSSR count). The Balaban J connectivity index is 2.44. The highest BCUT2D eigenvalue weighted by molar-refractivity contribution is 8.00. The Morgan fingerprint density at radius 3 is 2.43 bits per heavy atom. The smallest absolute Gasteiger partial charge is 0.355 e. The molecule has 0 bridgehead atoms. The van der Waals surface area contributed by atoms with E-state index in [1.165, 1.54) is 12.1 Å². The molecule has 0 aliphatic carbocycles. The molecule has 0 fully saturated rings. The monoisotopic (exact) mass is 320 g/mol. The van der Waals surface area contributed by atoms with Crippen LogP contribution in [-0.4, -0.2) is 24.0 Å². The summed E-state index contributed by atoms with van der Waals surface area (Å²) >= 11 is -0.137. The molecule has 21 heavy (non-hydrogen) atoms. The summed E-state index contributed by atoms with van der Waals surface area (Å²) in [6.07, 6.45) is 0.872. The van der Waals surface area contributed by atoms with E-state index in [1.54, 1.807) is 19.1 Å². The largest absolute Gasteiger partial charge is 0.446 e. The lowest BCUT2D eigenvalue weighted by Crippen LogP contribution is -2.42. The quantitative estimate of drug-likeness (QED) is 0.758. The zero-order valence-electron chi connectivity index (χ0n) is 12.0. The third kappa shape index (κ3) is 7.38. The van der Waals surface area contributed by atoms with E-state index in [4.69, 9.17) is 0 Å². The van der Waals surface area contributed by atoms with Gasteiger partial charge in [0.1, 0.15) is 0 Å². The molecule has 3 nitrogen and oxygen atoms in total. The van der Waals surface area contributed by atoms with Crippen LogP contribution in [0, 0.1) is 0 Å². The van der Waals surface area contributed by atoms with Crippen LogP contribution in [0.2, 0.25) is 0 Å². The first-order valence-electron chi connectivity index (χ1n) is 6.67. The van der Waals surface area contributed by atoms with Gasteiger partial charge >= 0.3 is 5.51 Å². The molecule has 1 amide bonds. The van der Waals surface area contributed by atoms with Gasteiger partial charge in [-0.15, -0.1) is 0 Å². The number of benzene rings is 1. The van der Waals surface area contributed by atoms with Crippen molar-refractivity contribution in [2.75, 3.05) is 6.54 Å². The maximum absolute atomic E-state index is 12.2. The Kier molecular flexibility index (Phi) is 7.04. The second-order valence-corrected chi connectivity index (χ2v) is 5.72. The number of nitrogens with one attached hydrogen (secondary N) is 2. The van der Waals surface area contributed by atoms with Crippen LogP contribution < -0.4 is 10.6 Å². The zero-order valence-corrected chi connectivity index (χ0v) is 12.8. The highest BCUT2D eigenvalue weighted by Gasteiger charge is 2.28. The van der Waals surface area contributed by atoms with E-state index < -0.39 is 5.51 Å². The summed E-state index contributed by atoms with van der Waals surface area (Å²) in [5, 5.41) is 5.81. The van der Waals surface area contributed by atoms with E-state index >= 15 is 0 Å². The first kappa shape index (κ1) is 17.8. The van der Waals surface area contributed by atoms with Crippen LogP contribution in [0.5, 0.6) is 0 Å². The van der Waals surface area contributed by atoms with Crippen LogP contribution in [0.1, 0.15) is 25.8 Å². The molecule has 1 aromatic rings. The molecule has 0 heterocycles. The fourth-order valence-corrected chi connectivity index (χ4v) is 2.11. The molecule has 1 atom stereocenters. The Morgan fingerprint density at radius 2 is 1.90 bits per heavy atom. The first-order valence-corrected chi connectivity index (χ1v) is 7.49. The number of thioether (sulfide) groups is 1. The predicted octanol–water partition coefficient (Wildman–Crippen LogP) is 3.30. The first-order chi connectivity index (χ1) is 9.81. The van der Waals surface area contributed by atoms with Crippen molar-refractivity contribution in [2.24, 2.45) is 0 Å². The molecular formula is C14H19F3N2OS. The molecule has 0 aromatic heterocycles. The summed E-state index contributed by atoms with van der Waals surface area (Å²) in [6.45, 7) is 4.78. The lowest BCUT2D eigenvalue weighted by Gasteiger charge is -2.14. The van der Waals surface area contributed by atoms with Gasteiger partial charge in [-0.05, 0) is 42.8 Å². The highest BCUT2D eigenvalue weighted by Crippen LogP contribution is 2.36. The van der Waals surface area contributed by atoms with E-state index in [2.05, 4.69) is 10.6 Å². The third-order valence-corrected chi connectivity index (χ3v) is 3.45. The Morgan fingerprint density at radius 1 is 1.29 bits per heavy atom. The number of amides is 1. The zero-order chi connectivity index (χ0) is 15.9. The van der Waals surface area contributed by atoms with Crippen molar-refractivity contribution in [1.29, 1.82) is 0 Å². The molecule has 0 saturated carbocycles. The van der Waals surface area contributed by atoms with Crippen molar-refractivity contribution in [3.05, 3.63) is 29.8 Å². The number of carbonyl (C=O) groups excluding carboxylic acids is 1. The number of carbonyl (C=O) groups is 1. The van der Waals surface area contributed by atoms with Crippen molar-refractivity contribution in [2.45, 2.75) is 43.3 Å². The lowest BCUT2D eigenvalue weighted by atomic mass is 10.2. The average Bonchev–Trinajstić information content (AvgIpc) is 2.42. The number of alkyl halides is 3. The summed E-state index contributed by atoms with van der Waals surface area (Å²) in [7, 11) is 0. The van der Waals surface area contributed by atoms with Crippen molar-refractivity contribution in [3.8, 4) is 0 Å². The molecule has 1 aromatic carbocycles. The minimum Gasteiger partial charge on any atom is -0.355 e. The van der Waals surface area contributed by atoms with Gasteiger partial charge in [-0.3, -0.25) is 4.79 Å². The SMILES string of the molecule is CCCNC(=O)C(C)NCc1ccc(SC(F)(F)F)cc1. The number of halogens is 3. The molecule has 0 aliphatic heterocycles. The molecule has 118 valence electrons. The van der Waals surface area contributed by atoms with Crippen LogP contribution in [0.25, 0.3) is 0 Å². The van der Waals surface area contributed by atoms with E-state index in [0.717, 1.165) is 12.0 Å². The predicted molar refractivity (Wildman–Crippen MR) is 78.0 cm³/mol.